The van der Waals surface area contributed by atoms with Gasteiger partial charge in [0.25, 0.3) is 5.91 Å². The second-order valence-electron chi connectivity index (χ2n) is 4.78. The minimum Gasteiger partial charge on any atom is -0.364 e. The van der Waals surface area contributed by atoms with Gasteiger partial charge in [0.15, 0.2) is 5.13 Å². The second kappa shape index (κ2) is 5.77. The molecule has 18 heavy (non-hydrogen) atoms. The molecule has 2 atom stereocenters. The van der Waals surface area contributed by atoms with Crippen LogP contribution in [0.4, 0.5) is 5.13 Å². The first-order chi connectivity index (χ1) is 8.60. The number of ether oxygens (including phenoxy) is 1. The summed E-state index contributed by atoms with van der Waals surface area (Å²) in [6.45, 7) is 4.62. The summed E-state index contributed by atoms with van der Waals surface area (Å²) in [6, 6.07) is 0. The zero-order chi connectivity index (χ0) is 13.1. The van der Waals surface area contributed by atoms with E-state index in [1.807, 2.05) is 5.38 Å². The number of nitrogens with two attached hydrogens (primary N) is 1. The Morgan fingerprint density at radius 2 is 2.44 bits per heavy atom. The van der Waals surface area contributed by atoms with Gasteiger partial charge in [-0.25, -0.2) is 4.98 Å². The van der Waals surface area contributed by atoms with Crippen molar-refractivity contribution in [2.45, 2.75) is 44.8 Å². The molecule has 2 rings (SSSR count). The molecule has 0 unspecified atom stereocenters. The van der Waals surface area contributed by atoms with E-state index in [1.54, 1.807) is 0 Å². The van der Waals surface area contributed by atoms with Crippen LogP contribution >= 0.6 is 11.3 Å². The van der Waals surface area contributed by atoms with Crippen molar-refractivity contribution in [1.82, 2.24) is 4.98 Å². The van der Waals surface area contributed by atoms with Gasteiger partial charge in [-0.05, 0) is 18.8 Å². The highest BCUT2D eigenvalue weighted by Gasteiger charge is 2.30. The number of rotatable bonds is 4. The summed E-state index contributed by atoms with van der Waals surface area (Å²) in [7, 11) is 0. The van der Waals surface area contributed by atoms with Crippen molar-refractivity contribution in [2.24, 2.45) is 5.73 Å². The number of aromatic nitrogens is 1. The van der Waals surface area contributed by atoms with Crippen LogP contribution in [0.1, 0.15) is 38.3 Å². The summed E-state index contributed by atoms with van der Waals surface area (Å²) < 4.78 is 5.54. The predicted octanol–water partition coefficient (Wildman–Crippen LogP) is 1.71. The minimum atomic E-state index is -0.384. The van der Waals surface area contributed by atoms with Gasteiger partial charge in [-0.1, -0.05) is 13.8 Å². The van der Waals surface area contributed by atoms with E-state index in [0.717, 1.165) is 18.5 Å². The highest BCUT2D eigenvalue weighted by molar-refractivity contribution is 7.13. The van der Waals surface area contributed by atoms with Crippen molar-refractivity contribution in [3.05, 3.63) is 11.1 Å². The summed E-state index contributed by atoms with van der Waals surface area (Å²) in [4.78, 5) is 16.3. The first-order valence-electron chi connectivity index (χ1n) is 6.22. The van der Waals surface area contributed by atoms with Crippen LogP contribution in [0, 0.1) is 0 Å². The monoisotopic (exact) mass is 269 g/mol. The third-order valence-corrected chi connectivity index (χ3v) is 3.78. The van der Waals surface area contributed by atoms with Crippen molar-refractivity contribution in [1.29, 1.82) is 0 Å². The molecule has 100 valence electrons. The maximum atomic E-state index is 11.9. The van der Waals surface area contributed by atoms with E-state index in [4.69, 9.17) is 10.5 Å². The van der Waals surface area contributed by atoms with Gasteiger partial charge in [0.2, 0.25) is 0 Å². The number of anilines is 1. The van der Waals surface area contributed by atoms with E-state index in [-0.39, 0.29) is 18.1 Å². The van der Waals surface area contributed by atoms with Crippen molar-refractivity contribution in [3.63, 3.8) is 0 Å². The number of nitrogens with zero attached hydrogens (tertiary/aromatic N) is 1. The molecule has 1 amide bonds. The first-order valence-corrected chi connectivity index (χ1v) is 7.10. The molecule has 0 bridgehead atoms. The van der Waals surface area contributed by atoms with Crippen LogP contribution in [0.3, 0.4) is 0 Å². The Labute approximate surface area is 111 Å². The quantitative estimate of drug-likeness (QED) is 0.872. The molecule has 1 fully saturated rings. The highest BCUT2D eigenvalue weighted by Crippen LogP contribution is 2.24. The van der Waals surface area contributed by atoms with Crippen molar-refractivity contribution < 1.29 is 9.53 Å². The lowest BCUT2D eigenvalue weighted by Gasteiger charge is -2.11. The third kappa shape index (κ3) is 3.07. The Bertz CT molecular complexity index is 419. The summed E-state index contributed by atoms with van der Waals surface area (Å²) in [5.74, 6) is 0.256. The molecule has 1 aliphatic rings. The summed E-state index contributed by atoms with van der Waals surface area (Å²) >= 11 is 1.45. The topological polar surface area (TPSA) is 77.2 Å². The zero-order valence-corrected chi connectivity index (χ0v) is 11.5. The molecule has 0 radical (unpaired) electrons. The lowest BCUT2D eigenvalue weighted by Crippen LogP contribution is -2.29. The zero-order valence-electron chi connectivity index (χ0n) is 10.7. The Morgan fingerprint density at radius 1 is 1.67 bits per heavy atom. The molecule has 0 saturated carbocycles. The fourth-order valence-electron chi connectivity index (χ4n) is 1.87. The molecule has 0 spiro atoms. The molecule has 1 aromatic heterocycles. The molecule has 1 aromatic rings. The molecule has 0 aromatic carbocycles. The number of thiazole rings is 1. The SMILES string of the molecule is CC(C)c1csc(NC(=O)[C@@H]2CC[C@H](CN)O2)n1. The largest absolute Gasteiger partial charge is 0.364 e. The standard InChI is InChI=1S/C12H19N3O2S/c1-7(2)9-6-18-12(14-9)15-11(16)10-4-3-8(5-13)17-10/h6-8,10H,3-5,13H2,1-2H3,(H,14,15,16)/t8-,10+/m1/s1. The first kappa shape index (κ1) is 13.5. The molecule has 1 saturated heterocycles. The van der Waals surface area contributed by atoms with Crippen LogP contribution in [-0.2, 0) is 9.53 Å². The predicted molar refractivity (Wildman–Crippen MR) is 71.8 cm³/mol. The van der Waals surface area contributed by atoms with Crippen LogP contribution in [0.15, 0.2) is 5.38 Å². The van der Waals surface area contributed by atoms with Crippen LogP contribution in [0.5, 0.6) is 0 Å². The van der Waals surface area contributed by atoms with E-state index in [9.17, 15) is 4.79 Å². The number of carbonyl (C=O) groups excluding carboxylic acids is 1. The Balaban J connectivity index is 1.91. The number of nitrogens with one attached hydrogen (secondary N) is 1. The maximum absolute atomic E-state index is 11.9. The maximum Gasteiger partial charge on any atom is 0.255 e. The van der Waals surface area contributed by atoms with Crippen LogP contribution < -0.4 is 11.1 Å². The van der Waals surface area contributed by atoms with Crippen LogP contribution in [0.2, 0.25) is 0 Å². The highest BCUT2D eigenvalue weighted by atomic mass is 32.1. The molecule has 3 N–H and O–H groups in total. The lowest BCUT2D eigenvalue weighted by molar-refractivity contribution is -0.126. The normalized spacial score (nSPS) is 23.6. The Morgan fingerprint density at radius 3 is 3.00 bits per heavy atom. The number of carbonyl (C=O) groups is 1. The lowest BCUT2D eigenvalue weighted by atomic mass is 10.2. The molecule has 5 nitrogen and oxygen atoms in total. The van der Waals surface area contributed by atoms with E-state index in [2.05, 4.69) is 24.1 Å². The van der Waals surface area contributed by atoms with E-state index in [0.29, 0.717) is 17.6 Å². The summed E-state index contributed by atoms with van der Waals surface area (Å²) in [5, 5.41) is 5.42. The van der Waals surface area contributed by atoms with Crippen LogP contribution in [-0.4, -0.2) is 29.6 Å². The van der Waals surface area contributed by atoms with Gasteiger partial charge in [-0.15, -0.1) is 11.3 Å². The number of hydrogen-bond donors (Lipinski definition) is 2. The minimum absolute atomic E-state index is 0.0169. The molecule has 0 aliphatic carbocycles. The van der Waals surface area contributed by atoms with E-state index >= 15 is 0 Å². The third-order valence-electron chi connectivity index (χ3n) is 3.01. The average Bonchev–Trinajstić information content (AvgIpc) is 2.96. The molecular weight excluding hydrogens is 250 g/mol. The average molecular weight is 269 g/mol. The smallest absolute Gasteiger partial charge is 0.255 e. The Hall–Kier alpha value is -0.980. The molecule has 2 heterocycles. The molecular formula is C12H19N3O2S. The summed E-state index contributed by atoms with van der Waals surface area (Å²) in [5.41, 5.74) is 6.52. The van der Waals surface area contributed by atoms with E-state index < -0.39 is 0 Å². The van der Waals surface area contributed by atoms with Crippen molar-refractivity contribution >= 4 is 22.4 Å². The fourth-order valence-corrected chi connectivity index (χ4v) is 2.74. The van der Waals surface area contributed by atoms with Gasteiger partial charge in [-0.3, -0.25) is 10.1 Å². The van der Waals surface area contributed by atoms with Crippen LogP contribution in [0.25, 0.3) is 0 Å². The van der Waals surface area contributed by atoms with Gasteiger partial charge < -0.3 is 10.5 Å². The molecule has 6 heteroatoms. The van der Waals surface area contributed by atoms with Gasteiger partial charge in [0, 0.05) is 11.9 Å². The van der Waals surface area contributed by atoms with E-state index in [1.165, 1.54) is 11.3 Å². The molecule has 1 aliphatic heterocycles. The second-order valence-corrected chi connectivity index (χ2v) is 5.64. The van der Waals surface area contributed by atoms with Gasteiger partial charge in [0.05, 0.1) is 11.8 Å². The van der Waals surface area contributed by atoms with Gasteiger partial charge >= 0.3 is 0 Å². The fraction of sp³-hybridized carbons (Fsp3) is 0.667. The Kier molecular flexibility index (Phi) is 4.31. The van der Waals surface area contributed by atoms with Gasteiger partial charge in [0.1, 0.15) is 6.10 Å². The number of hydrogen-bond acceptors (Lipinski definition) is 5. The van der Waals surface area contributed by atoms with Crippen molar-refractivity contribution in [3.8, 4) is 0 Å². The number of amides is 1. The van der Waals surface area contributed by atoms with Gasteiger partial charge in [-0.2, -0.15) is 0 Å². The van der Waals surface area contributed by atoms with Crippen molar-refractivity contribution in [2.75, 3.05) is 11.9 Å². The summed E-state index contributed by atoms with van der Waals surface area (Å²) in [6.07, 6.45) is 1.22.